The number of carbonyl (C=O) groups is 1. The van der Waals surface area contributed by atoms with Crippen molar-refractivity contribution in [1.82, 2.24) is 4.90 Å². The van der Waals surface area contributed by atoms with Gasteiger partial charge in [-0.25, -0.2) is 4.79 Å². The van der Waals surface area contributed by atoms with Crippen LogP contribution in [0.2, 0.25) is 0 Å². The summed E-state index contributed by atoms with van der Waals surface area (Å²) >= 11 is 0. The molecule has 22 heavy (non-hydrogen) atoms. The number of β-amino-alcohol motifs (C(OH)–C–C–N with tert-alkyl or cyclic N) is 1. The molecule has 1 aliphatic heterocycles. The molecule has 2 rings (SSSR count). The van der Waals surface area contributed by atoms with Gasteiger partial charge in [0.2, 0.25) is 0 Å². The van der Waals surface area contributed by atoms with Crippen LogP contribution in [0, 0.1) is 0 Å². The van der Waals surface area contributed by atoms with Gasteiger partial charge in [-0.05, 0) is 33.3 Å². The molecule has 1 amide bonds. The molecule has 0 spiro atoms. The number of likely N-dealkylation sites (tertiary alicyclic amines) is 1. The summed E-state index contributed by atoms with van der Waals surface area (Å²) in [5.74, 6) is 0.677. The van der Waals surface area contributed by atoms with Gasteiger partial charge in [-0.3, -0.25) is 0 Å². The maximum absolute atomic E-state index is 12.0. The lowest BCUT2D eigenvalue weighted by Gasteiger charge is -2.46. The lowest BCUT2D eigenvalue weighted by Crippen LogP contribution is -2.62. The number of hydrogen-bond acceptors (Lipinski definition) is 4. The third kappa shape index (κ3) is 3.71. The first-order valence-electron chi connectivity index (χ1n) is 7.68. The van der Waals surface area contributed by atoms with E-state index in [1.54, 1.807) is 0 Å². The maximum atomic E-state index is 12.0. The van der Waals surface area contributed by atoms with Gasteiger partial charge in [-0.2, -0.15) is 0 Å². The zero-order chi connectivity index (χ0) is 16.4. The van der Waals surface area contributed by atoms with Crippen molar-refractivity contribution in [3.63, 3.8) is 0 Å². The Labute approximate surface area is 131 Å². The summed E-state index contributed by atoms with van der Waals surface area (Å²) in [7, 11) is 0. The van der Waals surface area contributed by atoms with Crippen LogP contribution in [-0.2, 0) is 10.3 Å². The topological polar surface area (TPSA) is 59.0 Å². The van der Waals surface area contributed by atoms with Crippen molar-refractivity contribution in [2.45, 2.75) is 45.3 Å². The third-order valence-corrected chi connectivity index (χ3v) is 3.41. The highest BCUT2D eigenvalue weighted by molar-refractivity contribution is 5.70. The van der Waals surface area contributed by atoms with Crippen LogP contribution in [0.4, 0.5) is 4.79 Å². The van der Waals surface area contributed by atoms with Crippen molar-refractivity contribution in [3.05, 3.63) is 29.8 Å². The van der Waals surface area contributed by atoms with Gasteiger partial charge >= 0.3 is 6.09 Å². The number of carbonyl (C=O) groups excluding carboxylic acids is 1. The summed E-state index contributed by atoms with van der Waals surface area (Å²) in [5.41, 5.74) is -0.878. The number of para-hydroxylation sites is 1. The van der Waals surface area contributed by atoms with Gasteiger partial charge in [0, 0.05) is 5.56 Å². The van der Waals surface area contributed by atoms with Gasteiger partial charge in [-0.15, -0.1) is 0 Å². The Kier molecular flexibility index (Phi) is 4.66. The summed E-state index contributed by atoms with van der Waals surface area (Å²) < 4.78 is 11.0. The second-order valence-corrected chi connectivity index (χ2v) is 6.71. The Morgan fingerprint density at radius 1 is 1.32 bits per heavy atom. The van der Waals surface area contributed by atoms with Crippen LogP contribution in [-0.4, -0.2) is 41.4 Å². The van der Waals surface area contributed by atoms with Crippen molar-refractivity contribution in [3.8, 4) is 5.75 Å². The number of nitrogens with zero attached hydrogens (tertiary/aromatic N) is 1. The second-order valence-electron chi connectivity index (χ2n) is 6.71. The Morgan fingerprint density at radius 3 is 2.55 bits per heavy atom. The molecule has 1 aromatic carbocycles. The van der Waals surface area contributed by atoms with E-state index in [0.29, 0.717) is 12.4 Å². The smallest absolute Gasteiger partial charge is 0.410 e. The van der Waals surface area contributed by atoms with Crippen molar-refractivity contribution in [2.75, 3.05) is 19.7 Å². The molecule has 5 heteroatoms. The van der Waals surface area contributed by atoms with E-state index in [2.05, 4.69) is 0 Å². The van der Waals surface area contributed by atoms with E-state index in [0.717, 1.165) is 12.0 Å². The summed E-state index contributed by atoms with van der Waals surface area (Å²) in [4.78, 5) is 13.5. The Morgan fingerprint density at radius 2 is 1.95 bits per heavy atom. The minimum Gasteiger partial charge on any atom is -0.493 e. The highest BCUT2D eigenvalue weighted by Gasteiger charge is 2.47. The first kappa shape index (κ1) is 16.6. The zero-order valence-electron chi connectivity index (χ0n) is 13.8. The van der Waals surface area contributed by atoms with Crippen molar-refractivity contribution in [2.24, 2.45) is 0 Å². The van der Waals surface area contributed by atoms with Crippen LogP contribution in [0.25, 0.3) is 0 Å². The zero-order valence-corrected chi connectivity index (χ0v) is 13.8. The van der Waals surface area contributed by atoms with Gasteiger partial charge in [0.15, 0.2) is 0 Å². The van der Waals surface area contributed by atoms with Crippen LogP contribution >= 0.6 is 0 Å². The van der Waals surface area contributed by atoms with E-state index in [4.69, 9.17) is 9.47 Å². The first-order valence-corrected chi connectivity index (χ1v) is 7.68. The molecule has 0 radical (unpaired) electrons. The molecular formula is C17H25NO4. The van der Waals surface area contributed by atoms with Gasteiger partial charge in [-0.1, -0.05) is 25.1 Å². The SMILES string of the molecule is CCCOc1ccccc1C1(O)CN(C(=O)OC(C)(C)C)C1. The average molecular weight is 307 g/mol. The molecule has 1 fully saturated rings. The molecule has 1 aromatic rings. The van der Waals surface area contributed by atoms with Crippen LogP contribution in [0.1, 0.15) is 39.7 Å². The molecular weight excluding hydrogens is 282 g/mol. The summed E-state index contributed by atoms with van der Waals surface area (Å²) in [6.07, 6.45) is 0.501. The second kappa shape index (κ2) is 6.16. The highest BCUT2D eigenvalue weighted by Crippen LogP contribution is 2.37. The molecule has 0 aliphatic carbocycles. The van der Waals surface area contributed by atoms with Crippen molar-refractivity contribution < 1.29 is 19.4 Å². The predicted octanol–water partition coefficient (Wildman–Crippen LogP) is 2.91. The number of amides is 1. The fourth-order valence-electron chi connectivity index (χ4n) is 2.40. The number of ether oxygens (including phenoxy) is 2. The standard InChI is InChI=1S/C17H25NO4/c1-5-10-21-14-9-7-6-8-13(14)17(20)11-18(12-17)15(19)22-16(2,3)4/h6-9,20H,5,10-12H2,1-4H3. The Balaban J connectivity index is 2.05. The number of hydrogen-bond donors (Lipinski definition) is 1. The quantitative estimate of drug-likeness (QED) is 0.929. The van der Waals surface area contributed by atoms with Crippen LogP contribution < -0.4 is 4.74 Å². The Hall–Kier alpha value is -1.75. The van der Waals surface area contributed by atoms with E-state index in [1.165, 1.54) is 4.90 Å². The number of benzene rings is 1. The van der Waals surface area contributed by atoms with Crippen molar-refractivity contribution >= 4 is 6.09 Å². The lowest BCUT2D eigenvalue weighted by molar-refractivity contribution is -0.104. The summed E-state index contributed by atoms with van der Waals surface area (Å²) in [6, 6.07) is 7.43. The molecule has 1 N–H and O–H groups in total. The lowest BCUT2D eigenvalue weighted by atomic mass is 9.86. The average Bonchev–Trinajstić information content (AvgIpc) is 2.40. The molecule has 1 heterocycles. The number of rotatable bonds is 4. The predicted molar refractivity (Wildman–Crippen MR) is 83.9 cm³/mol. The largest absolute Gasteiger partial charge is 0.493 e. The van der Waals surface area contributed by atoms with Gasteiger partial charge in [0.05, 0.1) is 19.7 Å². The van der Waals surface area contributed by atoms with Gasteiger partial charge in [0.25, 0.3) is 0 Å². The van der Waals surface area contributed by atoms with E-state index < -0.39 is 17.3 Å². The molecule has 1 saturated heterocycles. The van der Waals surface area contributed by atoms with E-state index in [9.17, 15) is 9.90 Å². The normalized spacial score (nSPS) is 16.9. The van der Waals surface area contributed by atoms with Crippen LogP contribution in [0.5, 0.6) is 5.75 Å². The molecule has 0 atom stereocenters. The summed E-state index contributed by atoms with van der Waals surface area (Å²) in [5, 5.41) is 10.7. The first-order chi connectivity index (χ1) is 10.2. The molecule has 5 nitrogen and oxygen atoms in total. The monoisotopic (exact) mass is 307 g/mol. The van der Waals surface area contributed by atoms with E-state index >= 15 is 0 Å². The van der Waals surface area contributed by atoms with E-state index in [1.807, 2.05) is 52.0 Å². The molecule has 0 aromatic heterocycles. The van der Waals surface area contributed by atoms with Crippen LogP contribution in [0.3, 0.4) is 0 Å². The fourth-order valence-corrected chi connectivity index (χ4v) is 2.40. The highest BCUT2D eigenvalue weighted by atomic mass is 16.6. The maximum Gasteiger partial charge on any atom is 0.410 e. The minimum absolute atomic E-state index is 0.217. The Bertz CT molecular complexity index is 530. The molecule has 1 aliphatic rings. The molecule has 122 valence electrons. The number of aliphatic hydroxyl groups is 1. The van der Waals surface area contributed by atoms with Gasteiger partial charge < -0.3 is 19.5 Å². The molecule has 0 bridgehead atoms. The fraction of sp³-hybridized carbons (Fsp3) is 0.588. The summed E-state index contributed by atoms with van der Waals surface area (Å²) in [6.45, 7) is 8.54. The third-order valence-electron chi connectivity index (χ3n) is 3.41. The molecule has 0 unspecified atom stereocenters. The minimum atomic E-state index is -1.07. The van der Waals surface area contributed by atoms with E-state index in [-0.39, 0.29) is 13.1 Å². The van der Waals surface area contributed by atoms with Crippen LogP contribution in [0.15, 0.2) is 24.3 Å². The van der Waals surface area contributed by atoms with Gasteiger partial charge in [0.1, 0.15) is 17.0 Å². The van der Waals surface area contributed by atoms with Crippen molar-refractivity contribution in [1.29, 1.82) is 0 Å². The molecule has 0 saturated carbocycles.